The van der Waals surface area contributed by atoms with E-state index in [0.29, 0.717) is 5.92 Å². The largest absolute Gasteiger partial charge is 0.457 e. The number of esters is 1. The summed E-state index contributed by atoms with van der Waals surface area (Å²) in [4.78, 5) is 11.4. The molecule has 0 aromatic rings. The Labute approximate surface area is 92.7 Å². The van der Waals surface area contributed by atoms with Gasteiger partial charge in [0.2, 0.25) is 0 Å². The molecule has 0 bridgehead atoms. The molecule has 0 aliphatic heterocycles. The second kappa shape index (κ2) is 5.34. The lowest BCUT2D eigenvalue weighted by Crippen LogP contribution is -2.22. The molecule has 86 valence electrons. The molecule has 2 nitrogen and oxygen atoms in total. The first kappa shape index (κ1) is 12.3. The Morgan fingerprint density at radius 3 is 2.33 bits per heavy atom. The predicted molar refractivity (Wildman–Crippen MR) is 61.6 cm³/mol. The van der Waals surface area contributed by atoms with Gasteiger partial charge in [0.15, 0.2) is 0 Å². The van der Waals surface area contributed by atoms with Crippen molar-refractivity contribution in [2.75, 3.05) is 0 Å². The number of rotatable bonds is 2. The quantitative estimate of drug-likeness (QED) is 0.515. The number of carbonyl (C=O) groups is 1. The van der Waals surface area contributed by atoms with Crippen LogP contribution in [-0.4, -0.2) is 11.6 Å². The lowest BCUT2D eigenvalue weighted by Gasteiger charge is -2.19. The first-order valence-electron chi connectivity index (χ1n) is 5.88. The summed E-state index contributed by atoms with van der Waals surface area (Å²) in [6.45, 7) is 5.66. The molecule has 1 fully saturated rings. The molecule has 15 heavy (non-hydrogen) atoms. The maximum Gasteiger partial charge on any atom is 0.330 e. The van der Waals surface area contributed by atoms with Crippen LogP contribution in [0.3, 0.4) is 0 Å². The summed E-state index contributed by atoms with van der Waals surface area (Å²) in [5, 5.41) is 0. The highest BCUT2D eigenvalue weighted by Crippen LogP contribution is 2.24. The van der Waals surface area contributed by atoms with E-state index < -0.39 is 0 Å². The van der Waals surface area contributed by atoms with Crippen LogP contribution in [0.1, 0.15) is 52.9 Å². The van der Waals surface area contributed by atoms with Gasteiger partial charge in [-0.25, -0.2) is 4.79 Å². The Bertz CT molecular complexity index is 229. The average Bonchev–Trinajstić information content (AvgIpc) is 2.14. The maximum absolute atomic E-state index is 11.4. The van der Waals surface area contributed by atoms with E-state index in [4.69, 9.17) is 4.74 Å². The zero-order valence-corrected chi connectivity index (χ0v) is 10.1. The van der Waals surface area contributed by atoms with Crippen molar-refractivity contribution >= 4 is 5.97 Å². The summed E-state index contributed by atoms with van der Waals surface area (Å²) in [5.74, 6) is 0.374. The highest BCUT2D eigenvalue weighted by atomic mass is 16.6. The van der Waals surface area contributed by atoms with E-state index in [1.54, 1.807) is 6.08 Å². The van der Waals surface area contributed by atoms with Crippen LogP contribution < -0.4 is 0 Å². The van der Waals surface area contributed by atoms with E-state index >= 15 is 0 Å². The summed E-state index contributed by atoms with van der Waals surface area (Å²) in [6.07, 6.45) is 10.00. The van der Waals surface area contributed by atoms with Crippen LogP contribution in [0.15, 0.2) is 12.2 Å². The molecule has 1 saturated carbocycles. The topological polar surface area (TPSA) is 26.3 Å². The van der Waals surface area contributed by atoms with Crippen LogP contribution in [-0.2, 0) is 9.53 Å². The lowest BCUT2D eigenvalue weighted by atomic mass is 9.89. The molecule has 1 rings (SSSR count). The van der Waals surface area contributed by atoms with Gasteiger partial charge in [-0.05, 0) is 39.5 Å². The first-order valence-corrected chi connectivity index (χ1v) is 5.88. The number of carbonyl (C=O) groups excluding carboxylic acids is 1. The summed E-state index contributed by atoms with van der Waals surface area (Å²) < 4.78 is 5.20. The molecule has 1 aliphatic carbocycles. The van der Waals surface area contributed by atoms with E-state index in [1.165, 1.54) is 32.1 Å². The fourth-order valence-electron chi connectivity index (χ4n) is 1.88. The van der Waals surface area contributed by atoms with Crippen molar-refractivity contribution < 1.29 is 9.53 Å². The van der Waals surface area contributed by atoms with Gasteiger partial charge >= 0.3 is 5.97 Å². The minimum atomic E-state index is -0.381. The van der Waals surface area contributed by atoms with Gasteiger partial charge in [0.1, 0.15) is 5.60 Å². The summed E-state index contributed by atoms with van der Waals surface area (Å²) in [5.41, 5.74) is -0.381. The molecular weight excluding hydrogens is 188 g/mol. The van der Waals surface area contributed by atoms with Crippen LogP contribution in [0.5, 0.6) is 0 Å². The maximum atomic E-state index is 11.4. The number of hydrogen-bond acceptors (Lipinski definition) is 2. The van der Waals surface area contributed by atoms with E-state index in [9.17, 15) is 4.79 Å². The third kappa shape index (κ3) is 5.60. The average molecular weight is 210 g/mol. The molecule has 2 heteroatoms. The van der Waals surface area contributed by atoms with Crippen molar-refractivity contribution in [2.24, 2.45) is 5.92 Å². The molecule has 0 radical (unpaired) electrons. The molecule has 0 aromatic heterocycles. The number of ether oxygens (including phenoxy) is 1. The second-order valence-corrected chi connectivity index (χ2v) is 5.29. The van der Waals surface area contributed by atoms with Crippen LogP contribution in [0, 0.1) is 5.92 Å². The van der Waals surface area contributed by atoms with Crippen molar-refractivity contribution in [1.82, 2.24) is 0 Å². The highest BCUT2D eigenvalue weighted by Gasteiger charge is 2.15. The Hall–Kier alpha value is -0.790. The van der Waals surface area contributed by atoms with Gasteiger partial charge in [-0.15, -0.1) is 0 Å². The zero-order valence-electron chi connectivity index (χ0n) is 10.1. The minimum absolute atomic E-state index is 0.215. The van der Waals surface area contributed by atoms with E-state index in [0.717, 1.165) is 0 Å². The highest BCUT2D eigenvalue weighted by molar-refractivity contribution is 5.82. The molecule has 0 atom stereocenters. The third-order valence-corrected chi connectivity index (χ3v) is 2.56. The van der Waals surface area contributed by atoms with Gasteiger partial charge in [-0.3, -0.25) is 0 Å². The zero-order chi connectivity index (χ0) is 11.3. The molecule has 1 aliphatic rings. The fraction of sp³-hybridized carbons (Fsp3) is 0.769. The molecule has 0 N–H and O–H groups in total. The molecule has 0 spiro atoms. The van der Waals surface area contributed by atoms with Crippen LogP contribution in [0.4, 0.5) is 0 Å². The lowest BCUT2D eigenvalue weighted by molar-refractivity contribution is -0.148. The normalized spacial score (nSPS) is 19.4. The molecule has 0 unspecified atom stereocenters. The van der Waals surface area contributed by atoms with Crippen molar-refractivity contribution in [1.29, 1.82) is 0 Å². The van der Waals surface area contributed by atoms with Crippen LogP contribution in [0.25, 0.3) is 0 Å². The minimum Gasteiger partial charge on any atom is -0.457 e. The van der Waals surface area contributed by atoms with Crippen molar-refractivity contribution in [2.45, 2.75) is 58.5 Å². The van der Waals surface area contributed by atoms with E-state index in [2.05, 4.69) is 0 Å². The first-order chi connectivity index (χ1) is 6.97. The SMILES string of the molecule is CC(C)(C)OC(=O)/C=C\C1CCCCC1. The van der Waals surface area contributed by atoms with Crippen molar-refractivity contribution in [3.63, 3.8) is 0 Å². The summed E-state index contributed by atoms with van der Waals surface area (Å²) in [6, 6.07) is 0. The summed E-state index contributed by atoms with van der Waals surface area (Å²) in [7, 11) is 0. The Balaban J connectivity index is 2.33. The van der Waals surface area contributed by atoms with Crippen LogP contribution in [0.2, 0.25) is 0 Å². The van der Waals surface area contributed by atoms with Gasteiger partial charge in [0, 0.05) is 6.08 Å². The van der Waals surface area contributed by atoms with Gasteiger partial charge in [-0.2, -0.15) is 0 Å². The molecule has 0 saturated heterocycles. The molecule has 0 amide bonds. The van der Waals surface area contributed by atoms with Gasteiger partial charge < -0.3 is 4.74 Å². The third-order valence-electron chi connectivity index (χ3n) is 2.56. The molecular formula is C13H22O2. The fourth-order valence-corrected chi connectivity index (χ4v) is 1.88. The van der Waals surface area contributed by atoms with Crippen molar-refractivity contribution in [3.8, 4) is 0 Å². The monoisotopic (exact) mass is 210 g/mol. The van der Waals surface area contributed by atoms with Crippen molar-refractivity contribution in [3.05, 3.63) is 12.2 Å². The van der Waals surface area contributed by atoms with Crippen LogP contribution >= 0.6 is 0 Å². The van der Waals surface area contributed by atoms with Gasteiger partial charge in [-0.1, -0.05) is 25.3 Å². The smallest absolute Gasteiger partial charge is 0.330 e. The predicted octanol–water partition coefficient (Wildman–Crippen LogP) is 3.46. The van der Waals surface area contributed by atoms with E-state index in [1.807, 2.05) is 26.8 Å². The molecule has 0 heterocycles. The Kier molecular flexibility index (Phi) is 4.37. The Morgan fingerprint density at radius 2 is 1.80 bits per heavy atom. The number of allylic oxidation sites excluding steroid dienone is 1. The number of hydrogen-bond donors (Lipinski definition) is 0. The van der Waals surface area contributed by atoms with Gasteiger partial charge in [0.25, 0.3) is 0 Å². The van der Waals surface area contributed by atoms with E-state index in [-0.39, 0.29) is 11.6 Å². The second-order valence-electron chi connectivity index (χ2n) is 5.29. The standard InChI is InChI=1S/C13H22O2/c1-13(2,3)15-12(14)10-9-11-7-5-4-6-8-11/h9-11H,4-8H2,1-3H3/b10-9-. The summed E-state index contributed by atoms with van der Waals surface area (Å²) >= 11 is 0. The van der Waals surface area contributed by atoms with Gasteiger partial charge in [0.05, 0.1) is 0 Å². The Morgan fingerprint density at radius 1 is 1.20 bits per heavy atom. The molecule has 0 aromatic carbocycles.